The number of anilines is 3. The van der Waals surface area contributed by atoms with Gasteiger partial charge in [-0.05, 0) is 48.7 Å². The Labute approximate surface area is 128 Å². The number of hydrogen-bond acceptors (Lipinski definition) is 2. The van der Waals surface area contributed by atoms with Crippen LogP contribution in [0.4, 0.5) is 21.9 Å². The number of aryl methyl sites for hydroxylation is 2. The van der Waals surface area contributed by atoms with E-state index in [9.17, 15) is 14.7 Å². The van der Waals surface area contributed by atoms with Crippen molar-refractivity contribution in [1.29, 1.82) is 0 Å². The van der Waals surface area contributed by atoms with Crippen molar-refractivity contribution in [3.8, 4) is 0 Å². The molecule has 0 unspecified atom stereocenters. The maximum absolute atomic E-state index is 11.7. The Bertz CT molecular complexity index is 755. The number of fused-ring (bicyclic) bond motifs is 1. The van der Waals surface area contributed by atoms with Crippen molar-refractivity contribution in [2.24, 2.45) is 0 Å². The van der Waals surface area contributed by atoms with Crippen LogP contribution in [0, 0.1) is 6.92 Å². The highest BCUT2D eigenvalue weighted by atomic mass is 16.4. The number of carbonyl (C=O) groups is 2. The second kappa shape index (κ2) is 5.52. The number of nitrogens with one attached hydrogen (secondary N) is 1. The zero-order valence-electron chi connectivity index (χ0n) is 12.2. The van der Waals surface area contributed by atoms with Crippen LogP contribution in [0.5, 0.6) is 0 Å². The molecule has 0 fully saturated rings. The minimum Gasteiger partial charge on any atom is -0.464 e. The molecule has 3 rings (SSSR count). The molecule has 5 nitrogen and oxygen atoms in total. The summed E-state index contributed by atoms with van der Waals surface area (Å²) in [6.45, 7) is 1.88. The number of hydrogen-bond donors (Lipinski definition) is 2. The van der Waals surface area contributed by atoms with Crippen molar-refractivity contribution in [3.63, 3.8) is 0 Å². The average molecular weight is 296 g/mol. The first-order valence-corrected chi connectivity index (χ1v) is 7.08. The van der Waals surface area contributed by atoms with E-state index < -0.39 is 6.09 Å². The summed E-state index contributed by atoms with van der Waals surface area (Å²) in [7, 11) is 0. The first-order valence-electron chi connectivity index (χ1n) is 7.08. The van der Waals surface area contributed by atoms with E-state index in [4.69, 9.17) is 0 Å². The Morgan fingerprint density at radius 3 is 2.68 bits per heavy atom. The standard InChI is InChI=1S/C17H16N2O3/c1-11-4-2-3-5-15(11)19(17(21)22)13-7-8-14-12(10-13)6-9-16(20)18-14/h2-5,7-8,10H,6,9H2,1H3,(H,18,20)(H,21,22). The predicted molar refractivity (Wildman–Crippen MR) is 84.7 cm³/mol. The Kier molecular flexibility index (Phi) is 3.55. The number of para-hydroxylation sites is 1. The lowest BCUT2D eigenvalue weighted by atomic mass is 10.0. The van der Waals surface area contributed by atoms with Crippen molar-refractivity contribution < 1.29 is 14.7 Å². The molecule has 2 N–H and O–H groups in total. The van der Waals surface area contributed by atoms with Gasteiger partial charge >= 0.3 is 6.09 Å². The minimum absolute atomic E-state index is 0.00533. The summed E-state index contributed by atoms with van der Waals surface area (Å²) in [4.78, 5) is 24.4. The summed E-state index contributed by atoms with van der Waals surface area (Å²) in [6, 6.07) is 12.7. The molecule has 1 heterocycles. The molecule has 0 aliphatic carbocycles. The van der Waals surface area contributed by atoms with Gasteiger partial charge in [-0.25, -0.2) is 9.69 Å². The third-order valence-electron chi connectivity index (χ3n) is 3.79. The highest BCUT2D eigenvalue weighted by molar-refractivity contribution is 5.98. The molecule has 0 atom stereocenters. The van der Waals surface area contributed by atoms with E-state index in [0.29, 0.717) is 24.2 Å². The molecule has 2 amide bonds. The average Bonchev–Trinajstić information content (AvgIpc) is 2.49. The largest absolute Gasteiger partial charge is 0.464 e. The molecule has 0 spiro atoms. The van der Waals surface area contributed by atoms with Crippen LogP contribution in [-0.2, 0) is 11.2 Å². The molecule has 2 aromatic carbocycles. The number of amides is 2. The van der Waals surface area contributed by atoms with Crippen LogP contribution >= 0.6 is 0 Å². The van der Waals surface area contributed by atoms with Gasteiger partial charge in [-0.15, -0.1) is 0 Å². The SMILES string of the molecule is Cc1ccccc1N(C(=O)O)c1ccc2c(c1)CCC(=O)N2. The van der Waals surface area contributed by atoms with E-state index in [1.54, 1.807) is 18.2 Å². The smallest absolute Gasteiger partial charge is 0.416 e. The first kappa shape index (κ1) is 14.1. The van der Waals surface area contributed by atoms with Crippen molar-refractivity contribution >= 4 is 29.1 Å². The van der Waals surface area contributed by atoms with E-state index >= 15 is 0 Å². The summed E-state index contributed by atoms with van der Waals surface area (Å²) in [5.74, 6) is -0.00533. The van der Waals surface area contributed by atoms with Gasteiger partial charge in [-0.3, -0.25) is 4.79 Å². The maximum Gasteiger partial charge on any atom is 0.416 e. The van der Waals surface area contributed by atoms with Crippen LogP contribution in [0.15, 0.2) is 42.5 Å². The molecule has 5 heteroatoms. The first-order chi connectivity index (χ1) is 10.6. The van der Waals surface area contributed by atoms with Crippen molar-refractivity contribution in [3.05, 3.63) is 53.6 Å². The van der Waals surface area contributed by atoms with Gasteiger partial charge in [0, 0.05) is 12.1 Å². The highest BCUT2D eigenvalue weighted by Crippen LogP contribution is 2.33. The fraction of sp³-hybridized carbons (Fsp3) is 0.176. The Morgan fingerprint density at radius 2 is 1.95 bits per heavy atom. The van der Waals surface area contributed by atoms with Crippen molar-refractivity contribution in [1.82, 2.24) is 0 Å². The quantitative estimate of drug-likeness (QED) is 0.887. The summed E-state index contributed by atoms with van der Waals surface area (Å²) in [5, 5.41) is 12.4. The fourth-order valence-electron chi connectivity index (χ4n) is 2.68. The highest BCUT2D eigenvalue weighted by Gasteiger charge is 2.21. The molecule has 0 radical (unpaired) electrons. The molecule has 0 aromatic heterocycles. The van der Waals surface area contributed by atoms with Gasteiger partial charge in [0.2, 0.25) is 5.91 Å². The van der Waals surface area contributed by atoms with Gasteiger partial charge in [0.1, 0.15) is 0 Å². The van der Waals surface area contributed by atoms with Gasteiger partial charge in [0.25, 0.3) is 0 Å². The molecular formula is C17H16N2O3. The minimum atomic E-state index is -1.03. The lowest BCUT2D eigenvalue weighted by Crippen LogP contribution is -2.25. The summed E-state index contributed by atoms with van der Waals surface area (Å²) >= 11 is 0. The molecule has 112 valence electrons. The summed E-state index contributed by atoms with van der Waals surface area (Å²) in [6.07, 6.45) is 0.0125. The second-order valence-corrected chi connectivity index (χ2v) is 5.29. The van der Waals surface area contributed by atoms with Gasteiger partial charge in [0.05, 0.1) is 11.4 Å². The third kappa shape index (κ3) is 2.53. The van der Waals surface area contributed by atoms with Crippen molar-refractivity contribution in [2.75, 3.05) is 10.2 Å². The van der Waals surface area contributed by atoms with Gasteiger partial charge in [-0.2, -0.15) is 0 Å². The predicted octanol–water partition coefficient (Wildman–Crippen LogP) is 3.70. The third-order valence-corrected chi connectivity index (χ3v) is 3.79. The number of carbonyl (C=O) groups excluding carboxylic acids is 1. The zero-order valence-corrected chi connectivity index (χ0v) is 12.2. The fourth-order valence-corrected chi connectivity index (χ4v) is 2.68. The van der Waals surface area contributed by atoms with E-state index in [1.165, 1.54) is 4.90 Å². The molecule has 0 bridgehead atoms. The Balaban J connectivity index is 2.05. The monoisotopic (exact) mass is 296 g/mol. The topological polar surface area (TPSA) is 69.6 Å². The molecular weight excluding hydrogens is 280 g/mol. The molecule has 1 aliphatic rings. The van der Waals surface area contributed by atoms with E-state index in [1.807, 2.05) is 31.2 Å². The molecule has 0 saturated carbocycles. The zero-order chi connectivity index (χ0) is 15.7. The van der Waals surface area contributed by atoms with Gasteiger partial charge < -0.3 is 10.4 Å². The lowest BCUT2D eigenvalue weighted by molar-refractivity contribution is -0.116. The number of carboxylic acid groups (broad SMARTS) is 1. The maximum atomic E-state index is 11.7. The normalized spacial score (nSPS) is 13.2. The van der Waals surface area contributed by atoms with E-state index in [2.05, 4.69) is 5.32 Å². The van der Waals surface area contributed by atoms with Crippen LogP contribution in [0.25, 0.3) is 0 Å². The van der Waals surface area contributed by atoms with Crippen LogP contribution in [-0.4, -0.2) is 17.1 Å². The Morgan fingerprint density at radius 1 is 1.18 bits per heavy atom. The van der Waals surface area contributed by atoms with Crippen LogP contribution < -0.4 is 10.2 Å². The number of rotatable bonds is 2. The molecule has 1 aliphatic heterocycles. The Hall–Kier alpha value is -2.82. The van der Waals surface area contributed by atoms with E-state index in [-0.39, 0.29) is 5.91 Å². The number of nitrogens with zero attached hydrogens (tertiary/aromatic N) is 1. The van der Waals surface area contributed by atoms with Crippen LogP contribution in [0.2, 0.25) is 0 Å². The molecule has 0 saturated heterocycles. The summed E-state index contributed by atoms with van der Waals surface area (Å²) < 4.78 is 0. The molecule has 2 aromatic rings. The second-order valence-electron chi connectivity index (χ2n) is 5.29. The summed E-state index contributed by atoms with van der Waals surface area (Å²) in [5.41, 5.74) is 3.81. The van der Waals surface area contributed by atoms with E-state index in [0.717, 1.165) is 16.8 Å². The van der Waals surface area contributed by atoms with Crippen LogP contribution in [0.3, 0.4) is 0 Å². The van der Waals surface area contributed by atoms with Gasteiger partial charge in [0.15, 0.2) is 0 Å². The van der Waals surface area contributed by atoms with Gasteiger partial charge in [-0.1, -0.05) is 18.2 Å². The van der Waals surface area contributed by atoms with Crippen molar-refractivity contribution in [2.45, 2.75) is 19.8 Å². The lowest BCUT2D eigenvalue weighted by Gasteiger charge is -2.24. The number of benzene rings is 2. The van der Waals surface area contributed by atoms with Crippen LogP contribution in [0.1, 0.15) is 17.5 Å². The molecule has 22 heavy (non-hydrogen) atoms.